The normalized spacial score (nSPS) is 22.9. The first-order valence-corrected chi connectivity index (χ1v) is 17.0. The number of nitrogens with zero attached hydrogens (tertiary/aromatic N) is 4. The second-order valence-electron chi connectivity index (χ2n) is 10.7. The predicted molar refractivity (Wildman–Crippen MR) is 167 cm³/mol. The molecule has 0 aliphatic carbocycles. The van der Waals surface area contributed by atoms with Crippen molar-refractivity contribution in [3.05, 3.63) is 3.83 Å². The van der Waals surface area contributed by atoms with Crippen LogP contribution in [0.15, 0.2) is 0 Å². The molecule has 1 saturated heterocycles. The number of anilines is 1. The first kappa shape index (κ1) is 35.4. The van der Waals surface area contributed by atoms with Crippen molar-refractivity contribution in [2.75, 3.05) is 19.5 Å². The number of hydrogen-bond acceptors (Lipinski definition) is 12. The van der Waals surface area contributed by atoms with E-state index in [1.165, 1.54) is 21.0 Å². The number of nitrogen functional groups attached to an aromatic ring is 1. The number of esters is 2. The molecule has 242 valence electrons. The van der Waals surface area contributed by atoms with Gasteiger partial charge in [0.1, 0.15) is 18.3 Å². The van der Waals surface area contributed by atoms with Crippen LogP contribution >= 0.6 is 30.3 Å². The summed E-state index contributed by atoms with van der Waals surface area (Å²) in [4.78, 5) is 38.3. The topological polar surface area (TPSA) is 191 Å². The Morgan fingerprint density at radius 1 is 1.07 bits per heavy atom. The molecule has 43 heavy (non-hydrogen) atoms. The van der Waals surface area contributed by atoms with Crippen molar-refractivity contribution in [1.29, 1.82) is 0 Å². The van der Waals surface area contributed by atoms with Crippen LogP contribution in [0.1, 0.15) is 74.0 Å². The molecule has 4 N–H and O–H groups in total. The third-order valence-electron chi connectivity index (χ3n) is 7.04. The number of aromatic nitrogens is 4. The van der Waals surface area contributed by atoms with Gasteiger partial charge < -0.3 is 29.2 Å². The van der Waals surface area contributed by atoms with E-state index in [2.05, 4.69) is 47.7 Å². The minimum atomic E-state index is -4.02. The minimum absolute atomic E-state index is 0.0177. The van der Waals surface area contributed by atoms with Gasteiger partial charge >= 0.3 is 19.6 Å². The molecule has 0 bridgehead atoms. The summed E-state index contributed by atoms with van der Waals surface area (Å²) >= 11 is 2.08. The number of fused-ring (bicyclic) bond motifs is 1. The van der Waals surface area contributed by atoms with Crippen LogP contribution in [0, 0.1) is 9.75 Å². The van der Waals surface area contributed by atoms with E-state index in [1.807, 2.05) is 25.3 Å². The maximum atomic E-state index is 14.1. The van der Waals surface area contributed by atoms with E-state index >= 15 is 0 Å². The summed E-state index contributed by atoms with van der Waals surface area (Å²) in [6.45, 7) is 12.2. The Balaban J connectivity index is 1.78. The number of ether oxygens (including phenoxy) is 4. The third kappa shape index (κ3) is 8.97. The minimum Gasteiger partial charge on any atom is -0.479 e. The Hall–Kier alpha value is -2.11. The molecule has 2 aromatic heterocycles. The van der Waals surface area contributed by atoms with Gasteiger partial charge in [0, 0.05) is 28.5 Å². The lowest BCUT2D eigenvalue weighted by Gasteiger charge is -2.27. The number of rotatable bonds is 15. The molecule has 7 atom stereocenters. The number of hydrogen-bond donors (Lipinski definition) is 3. The molecule has 2 unspecified atom stereocenters. The SMILES string of the molecule is CCC(C)OC(=O)[C@H](C)NP(=O)(N[C@@H](C)C(=O)OC(C)CC)OC[C@@H]1C[C@H](C)[C@H](n2c(I)nc3c(OC)nc(N)nc32)O1. The largest absolute Gasteiger partial charge is 0.479 e. The molecule has 0 spiro atoms. The van der Waals surface area contributed by atoms with Gasteiger partial charge in [-0.15, -0.1) is 0 Å². The molecule has 2 aromatic rings. The molecule has 0 radical (unpaired) electrons. The molecule has 1 aliphatic rings. The smallest absolute Gasteiger partial charge is 0.342 e. The van der Waals surface area contributed by atoms with Gasteiger partial charge in [-0.2, -0.15) is 9.97 Å². The number of methoxy groups -OCH3 is 1. The van der Waals surface area contributed by atoms with Crippen LogP contribution in [-0.4, -0.2) is 75.6 Å². The van der Waals surface area contributed by atoms with Crippen LogP contribution in [0.2, 0.25) is 0 Å². The number of nitrogens with two attached hydrogens (primary N) is 1. The molecule has 1 fully saturated rings. The summed E-state index contributed by atoms with van der Waals surface area (Å²) in [6, 6.07) is -2.00. The highest BCUT2D eigenvalue weighted by Crippen LogP contribution is 2.43. The molecule has 0 saturated carbocycles. The zero-order valence-electron chi connectivity index (χ0n) is 25.8. The van der Waals surface area contributed by atoms with Crippen LogP contribution < -0.4 is 20.6 Å². The molecule has 1 aliphatic heterocycles. The quantitative estimate of drug-likeness (QED) is 0.104. The van der Waals surface area contributed by atoms with E-state index in [4.69, 9.17) is 29.2 Å². The monoisotopic (exact) mass is 739 g/mol. The van der Waals surface area contributed by atoms with Crippen LogP contribution in [-0.2, 0) is 32.9 Å². The highest BCUT2D eigenvalue weighted by molar-refractivity contribution is 14.1. The summed E-state index contributed by atoms with van der Waals surface area (Å²) in [7, 11) is -2.54. The van der Waals surface area contributed by atoms with Crippen molar-refractivity contribution in [3.8, 4) is 5.88 Å². The van der Waals surface area contributed by atoms with E-state index < -0.39 is 44.0 Å². The molecular weight excluding hydrogens is 696 g/mol. The standard InChI is InChI=1S/C26H43IN7O8P/c1-9-14(4)40-23(35)16(6)32-43(37,33-17(7)24(36)41-15(5)10-2)39-12-18-11-13(3)22(42-18)34-20-19(29-25(34)27)21(38-8)31-26(28)30-20/h13-18,22H,9-12H2,1-8H3,(H2,28,30,31)(H2,32,33,37)/t13-,14?,15?,16-,17-,18-,22+,43?/m0/s1. The Bertz CT molecular complexity index is 1290. The van der Waals surface area contributed by atoms with Crippen molar-refractivity contribution in [2.45, 2.75) is 104 Å². The van der Waals surface area contributed by atoms with Gasteiger partial charge in [0.15, 0.2) is 15.0 Å². The van der Waals surface area contributed by atoms with Crippen molar-refractivity contribution in [3.63, 3.8) is 0 Å². The fraction of sp³-hybridized carbons (Fsp3) is 0.731. The number of imidazole rings is 1. The fourth-order valence-corrected chi connectivity index (χ4v) is 6.90. The maximum absolute atomic E-state index is 14.1. The summed E-state index contributed by atoms with van der Waals surface area (Å²) in [5, 5.41) is 5.45. The van der Waals surface area contributed by atoms with E-state index in [0.29, 0.717) is 34.3 Å². The summed E-state index contributed by atoms with van der Waals surface area (Å²) in [5.41, 5.74) is 6.82. The lowest BCUT2D eigenvalue weighted by Crippen LogP contribution is -2.43. The van der Waals surface area contributed by atoms with Crippen LogP contribution in [0.3, 0.4) is 0 Å². The Labute approximate surface area is 265 Å². The van der Waals surface area contributed by atoms with E-state index in [-0.39, 0.29) is 36.6 Å². The fourth-order valence-electron chi connectivity index (χ4n) is 4.33. The molecule has 15 nitrogen and oxygen atoms in total. The Kier molecular flexibility index (Phi) is 12.5. The number of nitrogens with one attached hydrogen (secondary N) is 2. The molecular formula is C26H43IN7O8P. The van der Waals surface area contributed by atoms with Crippen molar-refractivity contribution >= 4 is 59.3 Å². The van der Waals surface area contributed by atoms with E-state index in [0.717, 1.165) is 0 Å². The van der Waals surface area contributed by atoms with Gasteiger partial charge in [0.25, 0.3) is 0 Å². The van der Waals surface area contributed by atoms with Gasteiger partial charge in [0.2, 0.25) is 11.8 Å². The first-order chi connectivity index (χ1) is 20.2. The highest BCUT2D eigenvalue weighted by Gasteiger charge is 2.39. The predicted octanol–water partition coefficient (Wildman–Crippen LogP) is 3.71. The molecule has 0 amide bonds. The average Bonchev–Trinajstić information content (AvgIpc) is 3.48. The summed E-state index contributed by atoms with van der Waals surface area (Å²) < 4.78 is 44.8. The number of carbonyl (C=O) groups is 2. The molecule has 0 aromatic carbocycles. The second-order valence-corrected chi connectivity index (χ2v) is 13.6. The van der Waals surface area contributed by atoms with Gasteiger partial charge in [-0.25, -0.2) is 15.2 Å². The zero-order valence-corrected chi connectivity index (χ0v) is 28.9. The summed E-state index contributed by atoms with van der Waals surface area (Å²) in [5.74, 6) is -0.925. The second kappa shape index (κ2) is 15.3. The van der Waals surface area contributed by atoms with Crippen molar-refractivity contribution in [1.82, 2.24) is 29.7 Å². The van der Waals surface area contributed by atoms with E-state index in [9.17, 15) is 14.2 Å². The van der Waals surface area contributed by atoms with Crippen LogP contribution in [0.4, 0.5) is 5.95 Å². The molecule has 17 heteroatoms. The zero-order chi connectivity index (χ0) is 32.1. The Morgan fingerprint density at radius 2 is 1.63 bits per heavy atom. The van der Waals surface area contributed by atoms with Crippen LogP contribution in [0.5, 0.6) is 5.88 Å². The molecule has 3 rings (SSSR count). The third-order valence-corrected chi connectivity index (χ3v) is 9.77. The lowest BCUT2D eigenvalue weighted by molar-refractivity contribution is -0.150. The number of halogens is 1. The van der Waals surface area contributed by atoms with Gasteiger partial charge in [-0.3, -0.25) is 18.7 Å². The van der Waals surface area contributed by atoms with Crippen molar-refractivity contribution < 1.29 is 37.6 Å². The first-order valence-electron chi connectivity index (χ1n) is 14.3. The van der Waals surface area contributed by atoms with Gasteiger partial charge in [-0.05, 0) is 47.0 Å². The van der Waals surface area contributed by atoms with Crippen LogP contribution in [0.25, 0.3) is 11.2 Å². The highest BCUT2D eigenvalue weighted by atomic mass is 127. The maximum Gasteiger partial charge on any atom is 0.342 e. The lowest BCUT2D eigenvalue weighted by atomic mass is 10.1. The molecule has 3 heterocycles. The van der Waals surface area contributed by atoms with Crippen molar-refractivity contribution in [2.24, 2.45) is 5.92 Å². The average molecular weight is 740 g/mol. The van der Waals surface area contributed by atoms with E-state index in [1.54, 1.807) is 13.8 Å². The Morgan fingerprint density at radius 3 is 2.14 bits per heavy atom. The summed E-state index contributed by atoms with van der Waals surface area (Å²) in [6.07, 6.45) is 0.186. The van der Waals surface area contributed by atoms with Gasteiger partial charge in [-0.1, -0.05) is 20.8 Å². The van der Waals surface area contributed by atoms with Gasteiger partial charge in [0.05, 0.1) is 32.0 Å². The number of carbonyl (C=O) groups excluding carboxylic acids is 2.